The number of aromatic nitrogens is 2. The summed E-state index contributed by atoms with van der Waals surface area (Å²) in [6.45, 7) is 4.92. The molecule has 7 nitrogen and oxygen atoms in total. The molecule has 1 saturated heterocycles. The molecule has 9 heteroatoms. The Morgan fingerprint density at radius 1 is 1.45 bits per heavy atom. The van der Waals surface area contributed by atoms with Crippen LogP contribution in [0, 0.1) is 11.8 Å². The lowest BCUT2D eigenvalue weighted by atomic mass is 9.99. The molecule has 0 spiro atoms. The van der Waals surface area contributed by atoms with Crippen molar-refractivity contribution in [3.05, 3.63) is 5.01 Å². The highest BCUT2D eigenvalue weighted by Gasteiger charge is 2.30. The third kappa shape index (κ3) is 4.72. The first-order valence-electron chi connectivity index (χ1n) is 7.34. The summed E-state index contributed by atoms with van der Waals surface area (Å²) in [6.07, 6.45) is 3.39. The van der Waals surface area contributed by atoms with E-state index in [-0.39, 0.29) is 18.4 Å². The molecule has 1 unspecified atom stereocenters. The summed E-state index contributed by atoms with van der Waals surface area (Å²) in [5, 5.41) is 12.2. The summed E-state index contributed by atoms with van der Waals surface area (Å²) >= 11 is 1.37. The molecule has 0 bridgehead atoms. The van der Waals surface area contributed by atoms with E-state index < -0.39 is 10.0 Å². The first-order chi connectivity index (χ1) is 10.3. The Balaban J connectivity index is 1.95. The summed E-state index contributed by atoms with van der Waals surface area (Å²) in [5.41, 5.74) is 0. The first-order valence-corrected chi connectivity index (χ1v) is 10.0. The molecule has 1 aliphatic rings. The van der Waals surface area contributed by atoms with Gasteiger partial charge in [-0.05, 0) is 18.8 Å². The van der Waals surface area contributed by atoms with Crippen molar-refractivity contribution in [2.24, 2.45) is 11.8 Å². The van der Waals surface area contributed by atoms with Gasteiger partial charge in [-0.15, -0.1) is 10.2 Å². The number of rotatable bonds is 5. The summed E-state index contributed by atoms with van der Waals surface area (Å²) < 4.78 is 24.6. The van der Waals surface area contributed by atoms with Gasteiger partial charge in [-0.2, -0.15) is 0 Å². The van der Waals surface area contributed by atoms with Crippen molar-refractivity contribution in [2.45, 2.75) is 33.1 Å². The summed E-state index contributed by atoms with van der Waals surface area (Å²) in [5.74, 6) is -0.0281. The number of carbonyl (C=O) groups excluding carboxylic acids is 1. The van der Waals surface area contributed by atoms with Crippen LogP contribution in [0.4, 0.5) is 5.13 Å². The number of nitrogens with zero attached hydrogens (tertiary/aromatic N) is 3. The van der Waals surface area contributed by atoms with Crippen molar-refractivity contribution >= 4 is 32.4 Å². The van der Waals surface area contributed by atoms with Gasteiger partial charge in [-0.3, -0.25) is 4.79 Å². The topological polar surface area (TPSA) is 92.3 Å². The molecule has 1 fully saturated rings. The average Bonchev–Trinajstić information content (AvgIpc) is 2.84. The summed E-state index contributed by atoms with van der Waals surface area (Å²) in [4.78, 5) is 12.3. The molecule has 1 atom stereocenters. The molecule has 1 N–H and O–H groups in total. The normalized spacial score (nSPS) is 20.3. The van der Waals surface area contributed by atoms with Crippen LogP contribution < -0.4 is 5.32 Å². The predicted molar refractivity (Wildman–Crippen MR) is 86.2 cm³/mol. The van der Waals surface area contributed by atoms with Crippen molar-refractivity contribution in [1.29, 1.82) is 0 Å². The van der Waals surface area contributed by atoms with Crippen LogP contribution in [0.25, 0.3) is 0 Å². The average molecular weight is 346 g/mol. The number of carbonyl (C=O) groups is 1. The Kier molecular flexibility index (Phi) is 5.51. The Morgan fingerprint density at radius 3 is 2.82 bits per heavy atom. The van der Waals surface area contributed by atoms with E-state index in [1.165, 1.54) is 21.9 Å². The third-order valence-electron chi connectivity index (χ3n) is 3.50. The van der Waals surface area contributed by atoms with Crippen LogP contribution in [-0.2, 0) is 21.2 Å². The molecule has 0 saturated carbocycles. The lowest BCUT2D eigenvalue weighted by Gasteiger charge is -2.29. The van der Waals surface area contributed by atoms with Crippen LogP contribution in [0.2, 0.25) is 0 Å². The summed E-state index contributed by atoms with van der Waals surface area (Å²) in [7, 11) is -3.25. The van der Waals surface area contributed by atoms with Crippen LogP contribution in [0.15, 0.2) is 0 Å². The van der Waals surface area contributed by atoms with E-state index in [0.29, 0.717) is 30.4 Å². The smallest absolute Gasteiger partial charge is 0.230 e. The van der Waals surface area contributed by atoms with Crippen molar-refractivity contribution in [1.82, 2.24) is 14.5 Å². The maximum atomic E-state index is 12.3. The highest BCUT2D eigenvalue weighted by atomic mass is 32.2. The van der Waals surface area contributed by atoms with Crippen molar-refractivity contribution in [2.75, 3.05) is 24.7 Å². The molecule has 1 aromatic heterocycles. The number of hydrogen-bond donors (Lipinski definition) is 1. The zero-order valence-corrected chi connectivity index (χ0v) is 14.7. The van der Waals surface area contributed by atoms with E-state index in [1.807, 2.05) is 0 Å². The second-order valence-corrected chi connectivity index (χ2v) is 9.09. The maximum absolute atomic E-state index is 12.3. The monoisotopic (exact) mass is 346 g/mol. The van der Waals surface area contributed by atoms with Crippen LogP contribution in [0.3, 0.4) is 0 Å². The van der Waals surface area contributed by atoms with E-state index in [2.05, 4.69) is 29.4 Å². The molecule has 0 aromatic carbocycles. The second-order valence-electron chi connectivity index (χ2n) is 6.05. The molecule has 1 aromatic rings. The van der Waals surface area contributed by atoms with Gasteiger partial charge in [0.2, 0.25) is 21.1 Å². The molecule has 2 heterocycles. The van der Waals surface area contributed by atoms with Crippen LogP contribution in [0.5, 0.6) is 0 Å². The van der Waals surface area contributed by atoms with E-state index in [1.54, 1.807) is 0 Å². The fourth-order valence-corrected chi connectivity index (χ4v) is 4.27. The fourth-order valence-electron chi connectivity index (χ4n) is 2.40. The zero-order valence-electron chi connectivity index (χ0n) is 13.1. The number of hydrogen-bond acceptors (Lipinski definition) is 6. The molecule has 22 heavy (non-hydrogen) atoms. The van der Waals surface area contributed by atoms with Crippen LogP contribution >= 0.6 is 11.3 Å². The van der Waals surface area contributed by atoms with Gasteiger partial charge in [0.15, 0.2) is 0 Å². The van der Waals surface area contributed by atoms with Crippen LogP contribution in [0.1, 0.15) is 31.7 Å². The fraction of sp³-hybridized carbons (Fsp3) is 0.769. The zero-order chi connectivity index (χ0) is 16.3. The molecule has 1 aliphatic heterocycles. The van der Waals surface area contributed by atoms with Gasteiger partial charge < -0.3 is 5.32 Å². The Labute approximate surface area is 135 Å². The standard InChI is InChI=1S/C13H22N4O3S2/c1-9(2)7-11-15-16-13(21-11)14-12(18)10-5-4-6-17(8-10)22(3,19)20/h9-10H,4-8H2,1-3H3,(H,14,16,18). The molecular weight excluding hydrogens is 324 g/mol. The minimum absolute atomic E-state index is 0.180. The van der Waals surface area contributed by atoms with Crippen molar-refractivity contribution < 1.29 is 13.2 Å². The molecular formula is C13H22N4O3S2. The van der Waals surface area contributed by atoms with Gasteiger partial charge >= 0.3 is 0 Å². The second kappa shape index (κ2) is 7.01. The third-order valence-corrected chi connectivity index (χ3v) is 5.63. The molecule has 124 valence electrons. The number of nitrogens with one attached hydrogen (secondary N) is 1. The minimum Gasteiger partial charge on any atom is -0.300 e. The lowest BCUT2D eigenvalue weighted by Crippen LogP contribution is -2.43. The number of amides is 1. The number of anilines is 1. The van der Waals surface area contributed by atoms with E-state index in [0.717, 1.165) is 11.4 Å². The van der Waals surface area contributed by atoms with Crippen molar-refractivity contribution in [3.8, 4) is 0 Å². The minimum atomic E-state index is -3.25. The molecule has 2 rings (SSSR count). The van der Waals surface area contributed by atoms with Gasteiger partial charge in [0, 0.05) is 19.5 Å². The molecule has 0 radical (unpaired) electrons. The summed E-state index contributed by atoms with van der Waals surface area (Å²) in [6, 6.07) is 0. The Hall–Kier alpha value is -1.06. The predicted octanol–water partition coefficient (Wildman–Crippen LogP) is 1.35. The van der Waals surface area contributed by atoms with Gasteiger partial charge in [0.1, 0.15) is 5.01 Å². The largest absolute Gasteiger partial charge is 0.300 e. The highest BCUT2D eigenvalue weighted by Crippen LogP contribution is 2.22. The SMILES string of the molecule is CC(C)Cc1nnc(NC(=O)C2CCCN(S(C)(=O)=O)C2)s1. The quantitative estimate of drug-likeness (QED) is 0.869. The van der Waals surface area contributed by atoms with Crippen molar-refractivity contribution in [3.63, 3.8) is 0 Å². The van der Waals surface area contributed by atoms with Gasteiger partial charge in [-0.25, -0.2) is 12.7 Å². The van der Waals surface area contributed by atoms with E-state index in [9.17, 15) is 13.2 Å². The van der Waals surface area contributed by atoms with Gasteiger partial charge in [0.25, 0.3) is 0 Å². The van der Waals surface area contributed by atoms with Gasteiger partial charge in [0.05, 0.1) is 12.2 Å². The number of piperidine rings is 1. The van der Waals surface area contributed by atoms with Crippen LogP contribution in [-0.4, -0.2) is 48.2 Å². The molecule has 0 aliphatic carbocycles. The van der Waals surface area contributed by atoms with E-state index >= 15 is 0 Å². The molecule has 1 amide bonds. The maximum Gasteiger partial charge on any atom is 0.230 e. The van der Waals surface area contributed by atoms with E-state index in [4.69, 9.17) is 0 Å². The number of sulfonamides is 1. The van der Waals surface area contributed by atoms with Gasteiger partial charge in [-0.1, -0.05) is 25.2 Å². The lowest BCUT2D eigenvalue weighted by molar-refractivity contribution is -0.120. The Bertz CT molecular complexity index is 627. The first kappa shape index (κ1) is 17.3. The Morgan fingerprint density at radius 2 is 2.18 bits per heavy atom. The highest BCUT2D eigenvalue weighted by molar-refractivity contribution is 7.88.